The molecule has 2 N–H and O–H groups in total. The first-order valence-corrected chi connectivity index (χ1v) is 5.66. The number of amides is 1. The van der Waals surface area contributed by atoms with Crippen molar-refractivity contribution in [2.45, 2.75) is 38.8 Å². The molecule has 1 aliphatic rings. The van der Waals surface area contributed by atoms with Crippen LogP contribution >= 0.6 is 0 Å². The van der Waals surface area contributed by atoms with Crippen LogP contribution in [0.15, 0.2) is 0 Å². The summed E-state index contributed by atoms with van der Waals surface area (Å²) in [5, 5.41) is 0. The molecule has 1 fully saturated rings. The van der Waals surface area contributed by atoms with Crippen molar-refractivity contribution < 1.29 is 9.53 Å². The molecule has 0 saturated carbocycles. The lowest BCUT2D eigenvalue weighted by molar-refractivity contribution is -0.125. The van der Waals surface area contributed by atoms with Crippen molar-refractivity contribution in [3.05, 3.63) is 0 Å². The van der Waals surface area contributed by atoms with Crippen molar-refractivity contribution in [2.24, 2.45) is 11.7 Å². The van der Waals surface area contributed by atoms with Crippen LogP contribution in [-0.4, -0.2) is 43.2 Å². The van der Waals surface area contributed by atoms with Crippen LogP contribution in [0.3, 0.4) is 0 Å². The maximum Gasteiger partial charge on any atom is 0.234 e. The van der Waals surface area contributed by atoms with E-state index in [-0.39, 0.29) is 18.1 Å². The Kier molecular flexibility index (Phi) is 4.54. The summed E-state index contributed by atoms with van der Waals surface area (Å²) in [7, 11) is 1.73. The molecule has 0 aromatic carbocycles. The average Bonchev–Trinajstić information content (AvgIpc) is 2.21. The second-order valence-electron chi connectivity index (χ2n) is 4.36. The molecule has 15 heavy (non-hydrogen) atoms. The SMILES string of the molecule is CCC(C(N)=O)N1CCC(C)C(OC)C1. The Morgan fingerprint density at radius 3 is 2.80 bits per heavy atom. The first kappa shape index (κ1) is 12.5. The Bertz CT molecular complexity index is 221. The highest BCUT2D eigenvalue weighted by atomic mass is 16.5. The average molecular weight is 214 g/mol. The van der Waals surface area contributed by atoms with Gasteiger partial charge in [-0.2, -0.15) is 0 Å². The summed E-state index contributed by atoms with van der Waals surface area (Å²) in [6.07, 6.45) is 2.08. The summed E-state index contributed by atoms with van der Waals surface area (Å²) >= 11 is 0. The monoisotopic (exact) mass is 214 g/mol. The zero-order valence-electron chi connectivity index (χ0n) is 9.90. The number of piperidine rings is 1. The van der Waals surface area contributed by atoms with E-state index >= 15 is 0 Å². The Hall–Kier alpha value is -0.610. The highest BCUT2D eigenvalue weighted by molar-refractivity contribution is 5.79. The Morgan fingerprint density at radius 2 is 2.33 bits per heavy atom. The topological polar surface area (TPSA) is 55.6 Å². The van der Waals surface area contributed by atoms with Gasteiger partial charge >= 0.3 is 0 Å². The summed E-state index contributed by atoms with van der Waals surface area (Å²) in [6, 6.07) is -0.129. The number of nitrogens with two attached hydrogens (primary N) is 1. The van der Waals surface area contributed by atoms with Crippen LogP contribution in [0.2, 0.25) is 0 Å². The van der Waals surface area contributed by atoms with Gasteiger partial charge in [0.2, 0.25) is 5.91 Å². The normalized spacial score (nSPS) is 30.1. The minimum atomic E-state index is -0.220. The van der Waals surface area contributed by atoms with Gasteiger partial charge in [0.15, 0.2) is 0 Å². The maximum atomic E-state index is 11.2. The van der Waals surface area contributed by atoms with Crippen LogP contribution in [0.25, 0.3) is 0 Å². The van der Waals surface area contributed by atoms with Crippen molar-refractivity contribution in [1.29, 1.82) is 0 Å². The molecule has 1 amide bonds. The number of carbonyl (C=O) groups excluding carboxylic acids is 1. The van der Waals surface area contributed by atoms with Crippen LogP contribution in [-0.2, 0) is 9.53 Å². The van der Waals surface area contributed by atoms with Gasteiger partial charge in [-0.15, -0.1) is 0 Å². The van der Waals surface area contributed by atoms with Crippen LogP contribution in [0.1, 0.15) is 26.7 Å². The van der Waals surface area contributed by atoms with E-state index in [0.717, 1.165) is 25.9 Å². The molecule has 1 aliphatic heterocycles. The lowest BCUT2D eigenvalue weighted by atomic mass is 9.94. The van der Waals surface area contributed by atoms with Crippen LogP contribution in [0, 0.1) is 5.92 Å². The minimum absolute atomic E-state index is 0.129. The zero-order chi connectivity index (χ0) is 11.4. The van der Waals surface area contributed by atoms with E-state index in [1.807, 2.05) is 6.92 Å². The van der Waals surface area contributed by atoms with Crippen molar-refractivity contribution in [1.82, 2.24) is 4.90 Å². The van der Waals surface area contributed by atoms with Crippen molar-refractivity contribution in [2.75, 3.05) is 20.2 Å². The standard InChI is InChI=1S/C11H22N2O2/c1-4-9(11(12)14)13-6-5-8(2)10(7-13)15-3/h8-10H,4-7H2,1-3H3,(H2,12,14). The molecule has 88 valence electrons. The fourth-order valence-corrected chi connectivity index (χ4v) is 2.29. The molecule has 1 heterocycles. The molecule has 1 rings (SSSR count). The first-order chi connectivity index (χ1) is 7.10. The van der Waals surface area contributed by atoms with Gasteiger partial charge in [0.05, 0.1) is 12.1 Å². The Labute approximate surface area is 91.8 Å². The Morgan fingerprint density at radius 1 is 1.67 bits per heavy atom. The third-order valence-electron chi connectivity index (χ3n) is 3.38. The fraction of sp³-hybridized carbons (Fsp3) is 0.909. The number of methoxy groups -OCH3 is 1. The van der Waals surface area contributed by atoms with Gasteiger partial charge < -0.3 is 10.5 Å². The van der Waals surface area contributed by atoms with Crippen molar-refractivity contribution >= 4 is 5.91 Å². The van der Waals surface area contributed by atoms with Gasteiger partial charge in [-0.05, 0) is 25.3 Å². The Balaban J connectivity index is 2.60. The fourth-order valence-electron chi connectivity index (χ4n) is 2.29. The molecular weight excluding hydrogens is 192 g/mol. The lowest BCUT2D eigenvalue weighted by Crippen LogP contribution is -2.52. The van der Waals surface area contributed by atoms with E-state index < -0.39 is 0 Å². The van der Waals surface area contributed by atoms with Gasteiger partial charge in [0.1, 0.15) is 0 Å². The number of likely N-dealkylation sites (tertiary alicyclic amines) is 1. The number of rotatable bonds is 4. The van der Waals surface area contributed by atoms with Crippen molar-refractivity contribution in [3.63, 3.8) is 0 Å². The number of hydrogen-bond donors (Lipinski definition) is 1. The molecule has 0 aromatic rings. The van der Waals surface area contributed by atoms with Crippen LogP contribution in [0.4, 0.5) is 0 Å². The van der Waals surface area contributed by atoms with Gasteiger partial charge in [0.25, 0.3) is 0 Å². The molecule has 0 aromatic heterocycles. The molecular formula is C11H22N2O2. The highest BCUT2D eigenvalue weighted by Gasteiger charge is 2.31. The summed E-state index contributed by atoms with van der Waals surface area (Å²) < 4.78 is 5.41. The molecule has 0 radical (unpaired) electrons. The lowest BCUT2D eigenvalue weighted by Gasteiger charge is -2.39. The molecule has 0 bridgehead atoms. The summed E-state index contributed by atoms with van der Waals surface area (Å²) in [5.74, 6) is 0.346. The maximum absolute atomic E-state index is 11.2. The third-order valence-corrected chi connectivity index (χ3v) is 3.38. The largest absolute Gasteiger partial charge is 0.380 e. The predicted molar refractivity (Wildman–Crippen MR) is 59.4 cm³/mol. The van der Waals surface area contributed by atoms with E-state index in [0.29, 0.717) is 5.92 Å². The van der Waals surface area contributed by atoms with Gasteiger partial charge in [0, 0.05) is 13.7 Å². The summed E-state index contributed by atoms with van der Waals surface area (Å²) in [4.78, 5) is 13.4. The predicted octanol–water partition coefficient (Wildman–Crippen LogP) is 0.607. The first-order valence-electron chi connectivity index (χ1n) is 5.66. The quantitative estimate of drug-likeness (QED) is 0.746. The summed E-state index contributed by atoms with van der Waals surface area (Å²) in [6.45, 7) is 5.95. The number of hydrogen-bond acceptors (Lipinski definition) is 3. The molecule has 0 aliphatic carbocycles. The number of ether oxygens (including phenoxy) is 1. The van der Waals surface area contributed by atoms with Gasteiger partial charge in [-0.3, -0.25) is 9.69 Å². The van der Waals surface area contributed by atoms with Gasteiger partial charge in [-0.1, -0.05) is 13.8 Å². The second kappa shape index (κ2) is 5.47. The van der Waals surface area contributed by atoms with E-state index in [4.69, 9.17) is 10.5 Å². The van der Waals surface area contributed by atoms with Crippen molar-refractivity contribution in [3.8, 4) is 0 Å². The van der Waals surface area contributed by atoms with E-state index in [1.165, 1.54) is 0 Å². The molecule has 4 heteroatoms. The smallest absolute Gasteiger partial charge is 0.234 e. The zero-order valence-corrected chi connectivity index (χ0v) is 9.90. The van der Waals surface area contributed by atoms with Crippen LogP contribution < -0.4 is 5.73 Å². The van der Waals surface area contributed by atoms with E-state index in [9.17, 15) is 4.79 Å². The minimum Gasteiger partial charge on any atom is -0.380 e. The molecule has 4 nitrogen and oxygen atoms in total. The third kappa shape index (κ3) is 2.92. The van der Waals surface area contributed by atoms with Gasteiger partial charge in [-0.25, -0.2) is 0 Å². The molecule has 3 atom stereocenters. The number of primary amides is 1. The second-order valence-corrected chi connectivity index (χ2v) is 4.36. The molecule has 1 saturated heterocycles. The van der Waals surface area contributed by atoms with E-state index in [2.05, 4.69) is 11.8 Å². The number of nitrogens with zero attached hydrogens (tertiary/aromatic N) is 1. The van der Waals surface area contributed by atoms with E-state index in [1.54, 1.807) is 7.11 Å². The molecule has 3 unspecified atom stereocenters. The highest BCUT2D eigenvalue weighted by Crippen LogP contribution is 2.21. The number of carbonyl (C=O) groups is 1. The van der Waals surface area contributed by atoms with Crippen LogP contribution in [0.5, 0.6) is 0 Å². The summed E-state index contributed by atoms with van der Waals surface area (Å²) in [5.41, 5.74) is 5.38. The molecule has 0 spiro atoms.